The van der Waals surface area contributed by atoms with Crippen LogP contribution in [-0.2, 0) is 0 Å². The van der Waals surface area contributed by atoms with Gasteiger partial charge in [0, 0.05) is 11.6 Å². The van der Waals surface area contributed by atoms with E-state index in [1.54, 1.807) is 5.56 Å². The van der Waals surface area contributed by atoms with Crippen LogP contribution in [-0.4, -0.2) is 0 Å². The molecule has 0 bridgehead atoms. The van der Waals surface area contributed by atoms with Crippen molar-refractivity contribution in [2.24, 2.45) is 0 Å². The summed E-state index contributed by atoms with van der Waals surface area (Å²) >= 11 is 8.46. The Kier molecular flexibility index (Phi) is 4.76. The second-order valence-electron chi connectivity index (χ2n) is 4.13. The second-order valence-corrected chi connectivity index (χ2v) is 7.25. The Morgan fingerprint density at radius 2 is 1.53 bits per heavy atom. The van der Waals surface area contributed by atoms with Crippen molar-refractivity contribution in [1.82, 2.24) is 0 Å². The van der Waals surface area contributed by atoms with E-state index in [1.165, 1.54) is 43.7 Å². The fourth-order valence-corrected chi connectivity index (χ4v) is 4.29. The summed E-state index contributed by atoms with van der Waals surface area (Å²) in [6.45, 7) is 0. The van der Waals surface area contributed by atoms with Crippen molar-refractivity contribution in [3.8, 4) is 0 Å². The molecular formula is C12H13BrI2. The van der Waals surface area contributed by atoms with Crippen LogP contribution in [0.25, 0.3) is 0 Å². The molecule has 0 radical (unpaired) electrons. The first-order valence-corrected chi connectivity index (χ1v) is 8.28. The third-order valence-electron chi connectivity index (χ3n) is 3.08. The van der Waals surface area contributed by atoms with E-state index in [4.69, 9.17) is 0 Å². The van der Waals surface area contributed by atoms with Crippen molar-refractivity contribution in [3.63, 3.8) is 0 Å². The molecule has 0 N–H and O–H groups in total. The summed E-state index contributed by atoms with van der Waals surface area (Å²) in [4.78, 5) is 0. The predicted octanol–water partition coefficient (Wildman–Crippen LogP) is 5.71. The minimum Gasteiger partial charge on any atom is -0.0533 e. The number of hydrogen-bond acceptors (Lipinski definition) is 0. The van der Waals surface area contributed by atoms with E-state index in [2.05, 4.69) is 73.2 Å². The number of benzene rings is 1. The quantitative estimate of drug-likeness (QED) is 0.349. The van der Waals surface area contributed by atoms with Crippen molar-refractivity contribution < 1.29 is 0 Å². The van der Waals surface area contributed by atoms with Crippen molar-refractivity contribution in [2.45, 2.75) is 38.0 Å². The molecule has 1 aromatic rings. The average molecular weight is 491 g/mol. The zero-order valence-corrected chi connectivity index (χ0v) is 14.3. The first-order valence-electron chi connectivity index (χ1n) is 5.33. The highest BCUT2D eigenvalue weighted by Crippen LogP contribution is 2.36. The Morgan fingerprint density at radius 1 is 1.00 bits per heavy atom. The fourth-order valence-electron chi connectivity index (χ4n) is 2.25. The standard InChI is InChI=1S/C12H13BrI2/c13-12-10(14)6-9(7-11(12)15)8-4-2-1-3-5-8/h6-8H,1-5H2. The van der Waals surface area contributed by atoms with Gasteiger partial charge in [0.2, 0.25) is 0 Å². The van der Waals surface area contributed by atoms with Gasteiger partial charge >= 0.3 is 0 Å². The van der Waals surface area contributed by atoms with Crippen LogP contribution in [0, 0.1) is 7.14 Å². The molecule has 0 amide bonds. The van der Waals surface area contributed by atoms with Gasteiger partial charge in [-0.15, -0.1) is 0 Å². The molecular weight excluding hydrogens is 478 g/mol. The maximum absolute atomic E-state index is 3.62. The summed E-state index contributed by atoms with van der Waals surface area (Å²) in [6.07, 6.45) is 7.02. The van der Waals surface area contributed by atoms with E-state index < -0.39 is 0 Å². The smallest absolute Gasteiger partial charge is 0.0442 e. The van der Waals surface area contributed by atoms with E-state index in [0.29, 0.717) is 0 Å². The summed E-state index contributed by atoms with van der Waals surface area (Å²) in [7, 11) is 0. The molecule has 0 aliphatic heterocycles. The molecule has 1 aromatic carbocycles. The average Bonchev–Trinajstić information content (AvgIpc) is 2.26. The monoisotopic (exact) mass is 490 g/mol. The first-order chi connectivity index (χ1) is 7.18. The Bertz CT molecular complexity index is 334. The SMILES string of the molecule is Brc1c(I)cc(C2CCCCC2)cc1I. The minimum absolute atomic E-state index is 0.814. The van der Waals surface area contributed by atoms with Crippen molar-refractivity contribution in [1.29, 1.82) is 0 Å². The Morgan fingerprint density at radius 3 is 2.07 bits per heavy atom. The number of hydrogen-bond donors (Lipinski definition) is 0. The van der Waals surface area contributed by atoms with E-state index >= 15 is 0 Å². The lowest BCUT2D eigenvalue weighted by atomic mass is 9.84. The summed E-state index contributed by atoms with van der Waals surface area (Å²) in [5.74, 6) is 0.814. The lowest BCUT2D eigenvalue weighted by Crippen LogP contribution is -2.05. The topological polar surface area (TPSA) is 0 Å². The van der Waals surface area contributed by atoms with Crippen LogP contribution in [0.3, 0.4) is 0 Å². The van der Waals surface area contributed by atoms with Gasteiger partial charge in [0.25, 0.3) is 0 Å². The van der Waals surface area contributed by atoms with Gasteiger partial charge in [0.15, 0.2) is 0 Å². The summed E-state index contributed by atoms with van der Waals surface area (Å²) in [5.41, 5.74) is 1.55. The fraction of sp³-hybridized carbons (Fsp3) is 0.500. The third-order valence-corrected chi connectivity index (χ3v) is 7.12. The van der Waals surface area contributed by atoms with Gasteiger partial charge in [-0.1, -0.05) is 19.3 Å². The molecule has 0 aromatic heterocycles. The minimum atomic E-state index is 0.814. The largest absolute Gasteiger partial charge is 0.0533 e. The normalized spacial score (nSPS) is 18.1. The number of rotatable bonds is 1. The maximum Gasteiger partial charge on any atom is 0.0442 e. The molecule has 1 aliphatic carbocycles. The van der Waals surface area contributed by atoms with Crippen molar-refractivity contribution in [3.05, 3.63) is 29.3 Å². The Hall–Kier alpha value is 1.16. The van der Waals surface area contributed by atoms with Crippen LogP contribution >= 0.6 is 61.1 Å². The third kappa shape index (κ3) is 3.09. The molecule has 1 saturated carbocycles. The van der Waals surface area contributed by atoms with Gasteiger partial charge in [-0.2, -0.15) is 0 Å². The van der Waals surface area contributed by atoms with Crippen LogP contribution in [0.15, 0.2) is 16.6 Å². The van der Waals surface area contributed by atoms with Crippen molar-refractivity contribution in [2.75, 3.05) is 0 Å². The van der Waals surface area contributed by atoms with E-state index in [0.717, 1.165) is 5.92 Å². The molecule has 0 spiro atoms. The van der Waals surface area contributed by atoms with Crippen LogP contribution in [0.2, 0.25) is 0 Å². The molecule has 0 heterocycles. The van der Waals surface area contributed by atoms with Crippen molar-refractivity contribution >= 4 is 61.1 Å². The molecule has 1 aliphatic rings. The molecule has 0 saturated heterocycles. The van der Waals surface area contributed by atoms with E-state index in [-0.39, 0.29) is 0 Å². The van der Waals surface area contributed by atoms with Gasteiger partial charge in [0.05, 0.1) is 0 Å². The zero-order valence-electron chi connectivity index (χ0n) is 8.40. The highest BCUT2D eigenvalue weighted by Gasteiger charge is 2.17. The first kappa shape index (κ1) is 12.6. The van der Waals surface area contributed by atoms with Gasteiger partial charge in [-0.25, -0.2) is 0 Å². The van der Waals surface area contributed by atoms with Crippen LogP contribution in [0.4, 0.5) is 0 Å². The molecule has 82 valence electrons. The summed E-state index contributed by atoms with van der Waals surface area (Å²) in [5, 5.41) is 0. The highest BCUT2D eigenvalue weighted by atomic mass is 127. The molecule has 15 heavy (non-hydrogen) atoms. The van der Waals surface area contributed by atoms with Gasteiger partial charge in [-0.05, 0) is 97.6 Å². The maximum atomic E-state index is 3.62. The lowest BCUT2D eigenvalue weighted by Gasteiger charge is -2.22. The van der Waals surface area contributed by atoms with E-state index in [9.17, 15) is 0 Å². The Balaban J connectivity index is 2.27. The van der Waals surface area contributed by atoms with Gasteiger partial charge < -0.3 is 0 Å². The van der Waals surface area contributed by atoms with Crippen LogP contribution < -0.4 is 0 Å². The zero-order chi connectivity index (χ0) is 10.8. The molecule has 3 heteroatoms. The molecule has 0 nitrogen and oxygen atoms in total. The Labute approximate surface area is 127 Å². The molecule has 2 rings (SSSR count). The number of halogens is 3. The molecule has 1 fully saturated rings. The summed E-state index contributed by atoms with van der Waals surface area (Å²) in [6, 6.07) is 4.70. The highest BCUT2D eigenvalue weighted by molar-refractivity contribution is 14.1. The molecule has 0 atom stereocenters. The second kappa shape index (κ2) is 5.67. The van der Waals surface area contributed by atoms with E-state index in [1.807, 2.05) is 0 Å². The molecule has 0 unspecified atom stereocenters. The van der Waals surface area contributed by atoms with Crippen LogP contribution in [0.5, 0.6) is 0 Å². The van der Waals surface area contributed by atoms with Gasteiger partial charge in [0.1, 0.15) is 0 Å². The lowest BCUT2D eigenvalue weighted by molar-refractivity contribution is 0.443. The predicted molar refractivity (Wildman–Crippen MR) is 85.4 cm³/mol. The van der Waals surface area contributed by atoms with Gasteiger partial charge in [-0.3, -0.25) is 0 Å². The summed E-state index contributed by atoms with van der Waals surface area (Å²) < 4.78 is 3.95. The van der Waals surface area contributed by atoms with Crippen LogP contribution in [0.1, 0.15) is 43.6 Å².